The highest BCUT2D eigenvalue weighted by molar-refractivity contribution is 6.12. The highest BCUT2D eigenvalue weighted by Crippen LogP contribution is 2.62. The van der Waals surface area contributed by atoms with Crippen LogP contribution in [0, 0.1) is 0 Å². The average molecular weight is 1710 g/mol. The van der Waals surface area contributed by atoms with Crippen molar-refractivity contribution in [1.29, 1.82) is 0 Å². The molecule has 47 heteroatoms. The predicted octanol–water partition coefficient (Wildman–Crippen LogP) is 2.45. The van der Waals surface area contributed by atoms with Gasteiger partial charge in [0, 0.05) is 33.4 Å². The van der Waals surface area contributed by atoms with E-state index in [1.165, 1.54) is 0 Å². The molecule has 0 saturated carbocycles. The minimum absolute atomic E-state index is 0.0831. The van der Waals surface area contributed by atoms with E-state index in [1.54, 1.807) is 0 Å². The number of aliphatic hydroxyl groups is 1. The molecule has 0 radical (unpaired) electrons. The van der Waals surface area contributed by atoms with Gasteiger partial charge in [0.1, 0.15) is 25.4 Å². The Balaban J connectivity index is 1.02. The molecule has 4 aliphatic heterocycles. The lowest BCUT2D eigenvalue weighted by atomic mass is 9.73. The number of cyclic esters (lactones) is 3. The van der Waals surface area contributed by atoms with Crippen LogP contribution >= 0.6 is 0 Å². The van der Waals surface area contributed by atoms with Gasteiger partial charge in [-0.3, -0.25) is 0 Å². The molecule has 47 nitrogen and oxygen atoms in total. The van der Waals surface area contributed by atoms with Gasteiger partial charge >= 0.3 is 53.7 Å². The van der Waals surface area contributed by atoms with E-state index < -0.39 is 367 Å². The van der Waals surface area contributed by atoms with Crippen molar-refractivity contribution in [2.75, 3.05) is 13.2 Å². The molecule has 10 atom stereocenters. The molecular formula is C75H54O47. The summed E-state index contributed by atoms with van der Waals surface area (Å²) in [4.78, 5) is 134. The number of rotatable bonds is 13. The molecule has 122 heavy (non-hydrogen) atoms. The standard InChI is InChI=1S/C75H54O47/c76-23-1-15(2-24(77)45(23)89)66(104)117-61-36(115-75(122-69(107)18-7-29(82)48(92)30(83)8-18)65(121-68(106)17-5-27(80)47(91)28(81)6-17)64(61)119-67(105)16-3-25(78)46(90)26(79)4-16)14-114-71(109)20-10-32(85)52(96)56(100)40(20)43-42-44-41(57(101)59(103)58(42)102)39-22(12-34(87)51(95)55(39)99)73(111)120-63(62(43)118-74(44)112)60-35(88)13-113-70(108)19-9-31(84)49(93)53(97)37(19)38-21(72(110)116-60)11-33(86)50(94)54(38)98/h1-12,35-36,43,60-65,75-103H,13-14H2/t35-,36-,43-,60-,61+,62+,63+,64+,65-,75+/m0/s1. The number of esters is 9. The fraction of sp³-hybridized carbons (Fsp3) is 0.160. The van der Waals surface area contributed by atoms with Gasteiger partial charge in [0.25, 0.3) is 0 Å². The zero-order valence-corrected chi connectivity index (χ0v) is 59.9. The number of phenols is 27. The smallest absolute Gasteiger partial charge is 0.340 e. The molecule has 28 N–H and O–H groups in total. The van der Waals surface area contributed by atoms with Gasteiger partial charge in [0.05, 0.1) is 56.0 Å². The van der Waals surface area contributed by atoms with Crippen molar-refractivity contribution in [2.24, 2.45) is 0 Å². The summed E-state index contributed by atoms with van der Waals surface area (Å²) < 4.78 is 57.1. The Morgan fingerprint density at radius 1 is 0.303 bits per heavy atom. The maximum absolute atomic E-state index is 15.8. The van der Waals surface area contributed by atoms with E-state index in [-0.39, 0.29) is 18.2 Å². The number of phenolic OH excluding ortho intramolecular Hbond substituents is 27. The number of hydrogen-bond acceptors (Lipinski definition) is 47. The monoisotopic (exact) mass is 1710 g/mol. The van der Waals surface area contributed by atoms with Gasteiger partial charge in [0.15, 0.2) is 157 Å². The number of carbonyl (C=O) groups excluding carboxylic acids is 9. The Bertz CT molecular complexity index is 5990. The molecular weight excluding hydrogens is 1650 g/mol. The Morgan fingerprint density at radius 2 is 0.631 bits per heavy atom. The lowest BCUT2D eigenvalue weighted by molar-refractivity contribution is -0.282. The van der Waals surface area contributed by atoms with Crippen LogP contribution in [0.5, 0.6) is 155 Å². The van der Waals surface area contributed by atoms with Crippen LogP contribution in [0.15, 0.2) is 72.8 Å². The van der Waals surface area contributed by atoms with Crippen molar-refractivity contribution in [3.63, 3.8) is 0 Å². The summed E-state index contributed by atoms with van der Waals surface area (Å²) in [6.07, 6.45) is -27.2. The summed E-state index contributed by atoms with van der Waals surface area (Å²) in [7, 11) is 0. The molecule has 1 fully saturated rings. The van der Waals surface area contributed by atoms with E-state index in [0.29, 0.717) is 54.6 Å². The van der Waals surface area contributed by atoms with Gasteiger partial charge in [-0.25, -0.2) is 43.2 Å². The van der Waals surface area contributed by atoms with Crippen LogP contribution in [0.2, 0.25) is 0 Å². The Labute approximate surface area is 670 Å². The quantitative estimate of drug-likeness (QED) is 0.0448. The normalized spacial score (nSPS) is 19.7. The van der Waals surface area contributed by atoms with Crippen LogP contribution in [-0.4, -0.2) is 265 Å². The molecule has 9 aromatic rings. The first-order chi connectivity index (χ1) is 57.3. The van der Waals surface area contributed by atoms with Crippen LogP contribution in [0.4, 0.5) is 0 Å². The second kappa shape index (κ2) is 30.4. The van der Waals surface area contributed by atoms with E-state index in [4.69, 9.17) is 47.4 Å². The lowest BCUT2D eigenvalue weighted by Gasteiger charge is -2.44. The predicted molar refractivity (Wildman–Crippen MR) is 379 cm³/mol. The third-order valence-electron chi connectivity index (χ3n) is 19.3. The summed E-state index contributed by atoms with van der Waals surface area (Å²) in [5, 5.41) is 310. The number of ether oxygens (including phenoxy) is 10. The van der Waals surface area contributed by atoms with Gasteiger partial charge in [-0.15, -0.1) is 0 Å². The molecule has 0 aliphatic carbocycles. The van der Waals surface area contributed by atoms with Gasteiger partial charge in [-0.2, -0.15) is 0 Å². The fourth-order valence-corrected chi connectivity index (χ4v) is 13.6. The molecule has 0 unspecified atom stereocenters. The Kier molecular flexibility index (Phi) is 20.6. The van der Waals surface area contributed by atoms with Crippen molar-refractivity contribution in [3.05, 3.63) is 134 Å². The summed E-state index contributed by atoms with van der Waals surface area (Å²) in [5.41, 5.74) is -20.0. The van der Waals surface area contributed by atoms with Crippen molar-refractivity contribution >= 4 is 53.7 Å². The van der Waals surface area contributed by atoms with Crippen LogP contribution < -0.4 is 0 Å². The van der Waals surface area contributed by atoms with E-state index in [0.717, 1.165) is 0 Å². The van der Waals surface area contributed by atoms with Crippen molar-refractivity contribution in [2.45, 2.75) is 61.0 Å². The first kappa shape index (κ1) is 82.7. The number of aromatic hydroxyl groups is 27. The topological polar surface area (TPSA) is 812 Å². The minimum atomic E-state index is -3.25. The maximum atomic E-state index is 15.8. The summed E-state index contributed by atoms with van der Waals surface area (Å²) in [6, 6.07) is 3.84. The number of hydrogen-bond donors (Lipinski definition) is 28. The van der Waals surface area contributed by atoms with E-state index >= 15 is 19.2 Å². The fourth-order valence-electron chi connectivity index (χ4n) is 13.6. The second-order valence-corrected chi connectivity index (χ2v) is 26.7. The summed E-state index contributed by atoms with van der Waals surface area (Å²) >= 11 is 0. The second-order valence-electron chi connectivity index (χ2n) is 26.7. The zero-order valence-electron chi connectivity index (χ0n) is 59.9. The molecule has 0 amide bonds. The van der Waals surface area contributed by atoms with Gasteiger partial charge in [0.2, 0.25) is 41.1 Å². The van der Waals surface area contributed by atoms with Crippen molar-refractivity contribution in [3.8, 4) is 177 Å². The maximum Gasteiger partial charge on any atom is 0.340 e. The third-order valence-corrected chi connectivity index (χ3v) is 19.3. The van der Waals surface area contributed by atoms with Gasteiger partial charge < -0.3 is 190 Å². The zero-order chi connectivity index (χ0) is 89.2. The summed E-state index contributed by atoms with van der Waals surface area (Å²) in [5.74, 6) is -62.4. The first-order valence-electron chi connectivity index (χ1n) is 33.9. The van der Waals surface area contributed by atoms with Crippen LogP contribution in [0.1, 0.15) is 110 Å². The summed E-state index contributed by atoms with van der Waals surface area (Å²) in [6.45, 7) is -3.62. The SMILES string of the molecule is O=C(O[C@H]1O[C@@H](COC(=O)c2cc(O)c(O)c(O)c2[C@H]2c3c(O)c(O)c(O)c4c3C(=O)O[C@H]2[C@@H]([C@H]2OC(=O)c3cc(O)c(O)c(O)c3-c3c(cc(O)c(O)c3O)C(=O)OC[C@@H]2O)OC(=O)c2cc(O)c(O)c(O)c2-4)[C@@H](OC(=O)c2cc(O)c(O)c(O)c2)[C@@H](OC(=O)c2cc(O)c(O)c(O)c2)[C@@H]1OC(=O)c1cc(O)c(O)c(O)c1)c1cc(O)c(O)c(O)c1. The third kappa shape index (κ3) is 13.9. The van der Waals surface area contributed by atoms with E-state index in [2.05, 4.69) is 0 Å². The number of benzene rings is 9. The molecule has 4 heterocycles. The molecule has 636 valence electrons. The van der Waals surface area contributed by atoms with Crippen LogP contribution in [0.25, 0.3) is 22.3 Å². The van der Waals surface area contributed by atoms with Gasteiger partial charge in [-0.1, -0.05) is 0 Å². The van der Waals surface area contributed by atoms with Crippen LogP contribution in [-0.2, 0) is 47.4 Å². The molecule has 1 saturated heterocycles. The van der Waals surface area contributed by atoms with Gasteiger partial charge in [-0.05, 0) is 72.8 Å². The number of aliphatic hydroxyl groups excluding tert-OH is 1. The highest BCUT2D eigenvalue weighted by Gasteiger charge is 2.58. The Morgan fingerprint density at radius 3 is 1.06 bits per heavy atom. The van der Waals surface area contributed by atoms with Crippen LogP contribution in [0.3, 0.4) is 0 Å². The minimum Gasteiger partial charge on any atom is -0.504 e. The molecule has 2 bridgehead atoms. The highest BCUT2D eigenvalue weighted by atomic mass is 16.8. The number of carbonyl (C=O) groups is 9. The molecule has 13 rings (SSSR count). The average Bonchev–Trinajstić information content (AvgIpc) is 0.705. The molecule has 4 aliphatic rings. The largest absolute Gasteiger partial charge is 0.504 e. The van der Waals surface area contributed by atoms with Crippen molar-refractivity contribution < 1.29 is 234 Å². The van der Waals surface area contributed by atoms with E-state index in [9.17, 15) is 167 Å². The lowest BCUT2D eigenvalue weighted by Crippen LogP contribution is -2.63. The molecule has 0 spiro atoms. The van der Waals surface area contributed by atoms with E-state index in [1.807, 2.05) is 0 Å². The Hall–Kier alpha value is -17.3. The molecule has 9 aromatic carbocycles. The van der Waals surface area contributed by atoms with Crippen molar-refractivity contribution in [1.82, 2.24) is 0 Å². The number of fused-ring (bicyclic) bond motifs is 7. The first-order valence-corrected chi connectivity index (χ1v) is 33.9. The molecule has 0 aromatic heterocycles.